The highest BCUT2D eigenvalue weighted by molar-refractivity contribution is 6.34. The Bertz CT molecular complexity index is 846. The molecule has 0 fully saturated rings. The van der Waals surface area contributed by atoms with Crippen LogP contribution in [-0.2, 0) is 6.54 Å². The number of aryl methyl sites for hydroxylation is 1. The third-order valence-corrected chi connectivity index (χ3v) is 4.21. The summed E-state index contributed by atoms with van der Waals surface area (Å²) in [6.45, 7) is 2.80. The van der Waals surface area contributed by atoms with Crippen LogP contribution in [0.4, 0.5) is 0 Å². The molecule has 0 radical (unpaired) electrons. The van der Waals surface area contributed by atoms with Crippen molar-refractivity contribution >= 4 is 22.8 Å². The number of hydrogen-bond donors (Lipinski definition) is 1. The minimum absolute atomic E-state index is 0.0430. The number of fused-ring (bicyclic) bond motifs is 1. The molecule has 0 atom stereocenters. The second-order valence-corrected chi connectivity index (χ2v) is 5.92. The van der Waals surface area contributed by atoms with Crippen LogP contribution < -0.4 is 4.74 Å². The standard InChI is InChI=1S/C17H19ClN4O2/c1-3-4-5-8-22-15-14(11-6-7-13(24-2)19-9-11)12(18)10-20-16(15)21-17(22)23/h6-7,9-10H,3-5,8H2,1-2H3,(H,20,21,23). The summed E-state index contributed by atoms with van der Waals surface area (Å²) in [6.07, 6.45) is 6.36. The maximum Gasteiger partial charge on any atom is 0.296 e. The molecule has 0 aliphatic heterocycles. The number of aromatic hydroxyl groups is 1. The Balaban J connectivity index is 2.15. The summed E-state index contributed by atoms with van der Waals surface area (Å²) in [4.78, 5) is 12.6. The predicted molar refractivity (Wildman–Crippen MR) is 93.5 cm³/mol. The average Bonchev–Trinajstić information content (AvgIpc) is 2.91. The van der Waals surface area contributed by atoms with E-state index in [1.165, 1.54) is 0 Å². The smallest absolute Gasteiger partial charge is 0.296 e. The Kier molecular flexibility index (Phi) is 4.85. The van der Waals surface area contributed by atoms with Crippen molar-refractivity contribution in [3.05, 3.63) is 29.5 Å². The first-order chi connectivity index (χ1) is 11.7. The molecule has 0 saturated heterocycles. The maximum atomic E-state index is 10.2. The van der Waals surface area contributed by atoms with Crippen LogP contribution in [0.15, 0.2) is 24.5 Å². The first kappa shape index (κ1) is 16.5. The van der Waals surface area contributed by atoms with Crippen LogP contribution in [0, 0.1) is 0 Å². The van der Waals surface area contributed by atoms with E-state index in [4.69, 9.17) is 16.3 Å². The molecule has 7 heteroatoms. The normalized spacial score (nSPS) is 11.1. The van der Waals surface area contributed by atoms with E-state index in [0.29, 0.717) is 23.1 Å². The molecule has 0 aliphatic rings. The van der Waals surface area contributed by atoms with Gasteiger partial charge in [-0.15, -0.1) is 0 Å². The average molecular weight is 347 g/mol. The molecule has 0 saturated carbocycles. The minimum Gasteiger partial charge on any atom is -0.481 e. The van der Waals surface area contributed by atoms with Gasteiger partial charge in [0.05, 0.1) is 17.6 Å². The van der Waals surface area contributed by atoms with E-state index in [9.17, 15) is 5.11 Å². The van der Waals surface area contributed by atoms with E-state index < -0.39 is 0 Å². The van der Waals surface area contributed by atoms with Crippen LogP contribution in [0.3, 0.4) is 0 Å². The van der Waals surface area contributed by atoms with Crippen LogP contribution in [0.5, 0.6) is 11.9 Å². The van der Waals surface area contributed by atoms with Crippen LogP contribution in [-0.4, -0.2) is 31.7 Å². The van der Waals surface area contributed by atoms with Gasteiger partial charge in [0.15, 0.2) is 5.65 Å². The van der Waals surface area contributed by atoms with Gasteiger partial charge in [0.2, 0.25) is 5.88 Å². The van der Waals surface area contributed by atoms with Crippen LogP contribution >= 0.6 is 11.6 Å². The van der Waals surface area contributed by atoms with E-state index >= 15 is 0 Å². The van der Waals surface area contributed by atoms with E-state index in [1.54, 1.807) is 30.1 Å². The van der Waals surface area contributed by atoms with Crippen LogP contribution in [0.25, 0.3) is 22.3 Å². The van der Waals surface area contributed by atoms with Gasteiger partial charge in [0.25, 0.3) is 6.01 Å². The third-order valence-electron chi connectivity index (χ3n) is 3.92. The largest absolute Gasteiger partial charge is 0.481 e. The molecule has 1 N–H and O–H groups in total. The van der Waals surface area contributed by atoms with Gasteiger partial charge in [-0.2, -0.15) is 4.98 Å². The van der Waals surface area contributed by atoms with Gasteiger partial charge in [0.1, 0.15) is 0 Å². The zero-order valence-corrected chi connectivity index (χ0v) is 14.4. The quantitative estimate of drug-likeness (QED) is 0.681. The summed E-state index contributed by atoms with van der Waals surface area (Å²) in [5, 5.41) is 10.7. The molecule has 0 aliphatic carbocycles. The Morgan fingerprint density at radius 1 is 1.21 bits per heavy atom. The maximum absolute atomic E-state index is 10.2. The van der Waals surface area contributed by atoms with Gasteiger partial charge < -0.3 is 9.84 Å². The molecule has 3 aromatic rings. The lowest BCUT2D eigenvalue weighted by Gasteiger charge is -2.11. The highest BCUT2D eigenvalue weighted by Gasteiger charge is 2.18. The van der Waals surface area contributed by atoms with Crippen LogP contribution in [0.1, 0.15) is 26.2 Å². The highest BCUT2D eigenvalue weighted by atomic mass is 35.5. The molecule has 3 rings (SSSR count). The van der Waals surface area contributed by atoms with Gasteiger partial charge in [-0.25, -0.2) is 9.97 Å². The number of pyridine rings is 2. The number of rotatable bonds is 6. The number of nitrogens with zero attached hydrogens (tertiary/aromatic N) is 4. The topological polar surface area (TPSA) is 73.1 Å². The molecular weight excluding hydrogens is 328 g/mol. The van der Waals surface area contributed by atoms with Gasteiger partial charge in [-0.05, 0) is 12.5 Å². The molecule has 0 bridgehead atoms. The number of aromatic nitrogens is 4. The summed E-state index contributed by atoms with van der Waals surface area (Å²) in [5.74, 6) is 0.527. The van der Waals surface area contributed by atoms with Crippen LogP contribution in [0.2, 0.25) is 5.02 Å². The second-order valence-electron chi connectivity index (χ2n) is 5.51. The molecule has 3 aromatic heterocycles. The molecule has 0 amide bonds. The lowest BCUT2D eigenvalue weighted by atomic mass is 10.1. The number of ether oxygens (including phenoxy) is 1. The highest BCUT2D eigenvalue weighted by Crippen LogP contribution is 2.36. The predicted octanol–water partition coefficient (Wildman–Crippen LogP) is 4.05. The van der Waals surface area contributed by atoms with Crippen molar-refractivity contribution in [1.29, 1.82) is 0 Å². The fourth-order valence-corrected chi connectivity index (χ4v) is 2.96. The lowest BCUT2D eigenvalue weighted by Crippen LogP contribution is -1.99. The molecule has 126 valence electrons. The van der Waals surface area contributed by atoms with E-state index in [0.717, 1.165) is 35.9 Å². The summed E-state index contributed by atoms with van der Waals surface area (Å²) in [5.41, 5.74) is 2.79. The molecule has 24 heavy (non-hydrogen) atoms. The van der Waals surface area contributed by atoms with Crippen molar-refractivity contribution < 1.29 is 9.84 Å². The van der Waals surface area contributed by atoms with E-state index in [1.807, 2.05) is 6.07 Å². The lowest BCUT2D eigenvalue weighted by molar-refractivity contribution is 0.397. The minimum atomic E-state index is -0.0430. The summed E-state index contributed by atoms with van der Waals surface area (Å²) in [6, 6.07) is 3.61. The zero-order chi connectivity index (χ0) is 17.1. The Labute approximate surface area is 145 Å². The Hall–Kier alpha value is -2.34. The van der Waals surface area contributed by atoms with Crippen molar-refractivity contribution in [1.82, 2.24) is 19.5 Å². The second kappa shape index (κ2) is 7.05. The molecule has 0 aromatic carbocycles. The van der Waals surface area contributed by atoms with Crippen molar-refractivity contribution in [2.45, 2.75) is 32.7 Å². The van der Waals surface area contributed by atoms with Gasteiger partial charge in [-0.1, -0.05) is 31.4 Å². The van der Waals surface area contributed by atoms with Gasteiger partial charge >= 0.3 is 0 Å². The number of halogens is 1. The van der Waals surface area contributed by atoms with Crippen molar-refractivity contribution in [3.63, 3.8) is 0 Å². The number of imidazole rings is 1. The molecular formula is C17H19ClN4O2. The summed E-state index contributed by atoms with van der Waals surface area (Å²) < 4.78 is 6.87. The monoisotopic (exact) mass is 346 g/mol. The van der Waals surface area contributed by atoms with Crippen molar-refractivity contribution in [2.75, 3.05) is 7.11 Å². The zero-order valence-electron chi connectivity index (χ0n) is 13.7. The fourth-order valence-electron chi connectivity index (χ4n) is 2.72. The molecule has 0 unspecified atom stereocenters. The van der Waals surface area contributed by atoms with Gasteiger partial charge in [-0.3, -0.25) is 4.57 Å². The first-order valence-electron chi connectivity index (χ1n) is 7.89. The summed E-state index contributed by atoms with van der Waals surface area (Å²) >= 11 is 6.41. The number of methoxy groups -OCH3 is 1. The Morgan fingerprint density at radius 2 is 2.04 bits per heavy atom. The number of unbranched alkanes of at least 4 members (excludes halogenated alkanes) is 2. The van der Waals surface area contributed by atoms with E-state index in [2.05, 4.69) is 21.9 Å². The Morgan fingerprint density at radius 3 is 2.71 bits per heavy atom. The molecule has 0 spiro atoms. The molecule has 6 nitrogen and oxygen atoms in total. The van der Waals surface area contributed by atoms with E-state index in [-0.39, 0.29) is 6.01 Å². The number of hydrogen-bond acceptors (Lipinski definition) is 5. The molecule has 3 heterocycles. The summed E-state index contributed by atoms with van der Waals surface area (Å²) in [7, 11) is 1.57. The van der Waals surface area contributed by atoms with Crippen molar-refractivity contribution in [3.8, 4) is 23.0 Å². The van der Waals surface area contributed by atoms with Gasteiger partial charge in [0, 0.05) is 36.1 Å². The SMILES string of the molecule is CCCCCn1c(O)nc2ncc(Cl)c(-c3ccc(OC)nc3)c21. The first-order valence-corrected chi connectivity index (χ1v) is 8.27. The fraction of sp³-hybridized carbons (Fsp3) is 0.353. The third kappa shape index (κ3) is 3.01. The van der Waals surface area contributed by atoms with Crippen molar-refractivity contribution in [2.24, 2.45) is 0 Å².